The minimum Gasteiger partial charge on any atom is -0.438 e. The predicted molar refractivity (Wildman–Crippen MR) is 151 cm³/mol. The molecule has 8 nitrogen and oxygen atoms in total. The molecule has 0 unspecified atom stereocenters. The smallest absolute Gasteiger partial charge is 0.411 e. The van der Waals surface area contributed by atoms with E-state index in [4.69, 9.17) is 4.74 Å². The lowest BCUT2D eigenvalue weighted by Crippen LogP contribution is -2.46. The molecular formula is C32H30N4O4. The molecular weight excluding hydrogens is 504 g/mol. The molecule has 0 radical (unpaired) electrons. The normalized spacial score (nSPS) is 16.4. The monoisotopic (exact) mass is 534 g/mol. The first-order chi connectivity index (χ1) is 19.4. The second-order valence-corrected chi connectivity index (χ2v) is 9.86. The van der Waals surface area contributed by atoms with Crippen LogP contribution >= 0.6 is 0 Å². The number of anilines is 1. The summed E-state index contributed by atoms with van der Waals surface area (Å²) >= 11 is 0. The van der Waals surface area contributed by atoms with Gasteiger partial charge in [-0.1, -0.05) is 72.3 Å². The maximum absolute atomic E-state index is 13.9. The highest BCUT2D eigenvalue weighted by molar-refractivity contribution is 6.04. The number of aryl methyl sites for hydroxylation is 1. The Morgan fingerprint density at radius 1 is 0.950 bits per heavy atom. The van der Waals surface area contributed by atoms with E-state index in [1.54, 1.807) is 54.5 Å². The van der Waals surface area contributed by atoms with Gasteiger partial charge >= 0.3 is 6.09 Å². The number of nitrogens with zero attached hydrogens (tertiary/aromatic N) is 3. The Morgan fingerprint density at radius 2 is 1.70 bits per heavy atom. The highest BCUT2D eigenvalue weighted by Crippen LogP contribution is 2.35. The van der Waals surface area contributed by atoms with Crippen LogP contribution in [0.25, 0.3) is 0 Å². The van der Waals surface area contributed by atoms with Gasteiger partial charge in [0, 0.05) is 31.7 Å². The summed E-state index contributed by atoms with van der Waals surface area (Å²) in [6, 6.07) is 27.1. The Bertz CT molecular complexity index is 1490. The largest absolute Gasteiger partial charge is 0.438 e. The van der Waals surface area contributed by atoms with Gasteiger partial charge in [-0.15, -0.1) is 0 Å². The van der Waals surface area contributed by atoms with Gasteiger partial charge in [-0.05, 0) is 47.9 Å². The molecule has 0 aliphatic carbocycles. The van der Waals surface area contributed by atoms with Gasteiger partial charge in [-0.2, -0.15) is 0 Å². The third kappa shape index (κ3) is 6.02. The summed E-state index contributed by atoms with van der Waals surface area (Å²) in [5, 5.41) is 2.84. The molecule has 1 aliphatic heterocycles. The van der Waals surface area contributed by atoms with Crippen LogP contribution in [0.4, 0.5) is 10.5 Å². The van der Waals surface area contributed by atoms with Crippen LogP contribution in [-0.4, -0.2) is 45.8 Å². The van der Waals surface area contributed by atoms with Gasteiger partial charge in [0.05, 0.1) is 12.1 Å². The average Bonchev–Trinajstić information content (AvgIpc) is 3.29. The number of amides is 3. The minimum atomic E-state index is -0.863. The molecule has 8 heteroatoms. The quantitative estimate of drug-likeness (QED) is 0.329. The summed E-state index contributed by atoms with van der Waals surface area (Å²) in [4.78, 5) is 46.7. The van der Waals surface area contributed by atoms with E-state index in [0.29, 0.717) is 23.4 Å². The maximum atomic E-state index is 13.9. The Kier molecular flexibility index (Phi) is 7.87. The van der Waals surface area contributed by atoms with Gasteiger partial charge in [0.15, 0.2) is 12.1 Å². The first-order valence-electron chi connectivity index (χ1n) is 13.0. The van der Waals surface area contributed by atoms with Gasteiger partial charge in [0.2, 0.25) is 5.91 Å². The molecule has 3 amide bonds. The molecule has 40 heavy (non-hydrogen) atoms. The standard InChI is InChI=1S/C32H30N4O4/c1-22-8-6-11-24(18-22)21-36-28(31(38)35(2)20-23-9-4-3-5-10-23)29(40-32(36)39)25-13-15-27(16-14-25)34-30(37)26-12-7-17-33-19-26/h3-19,28-29H,20-21H2,1-2H3,(H,34,37)/t28-,29+/m0/s1. The van der Waals surface area contributed by atoms with Crippen molar-refractivity contribution in [1.29, 1.82) is 0 Å². The molecule has 0 saturated carbocycles. The van der Waals surface area contributed by atoms with Crippen molar-refractivity contribution in [1.82, 2.24) is 14.8 Å². The highest BCUT2D eigenvalue weighted by Gasteiger charge is 2.48. The van der Waals surface area contributed by atoms with Gasteiger partial charge in [0.1, 0.15) is 0 Å². The van der Waals surface area contributed by atoms with Crippen molar-refractivity contribution in [3.63, 3.8) is 0 Å². The highest BCUT2D eigenvalue weighted by atomic mass is 16.6. The van der Waals surface area contributed by atoms with Crippen LogP contribution < -0.4 is 5.32 Å². The lowest BCUT2D eigenvalue weighted by molar-refractivity contribution is -0.136. The van der Waals surface area contributed by atoms with Crippen molar-refractivity contribution in [2.45, 2.75) is 32.2 Å². The molecule has 1 saturated heterocycles. The lowest BCUT2D eigenvalue weighted by atomic mass is 9.99. The molecule has 1 N–H and O–H groups in total. The number of hydrogen-bond acceptors (Lipinski definition) is 5. The first kappa shape index (κ1) is 26.6. The fourth-order valence-electron chi connectivity index (χ4n) is 4.82. The summed E-state index contributed by atoms with van der Waals surface area (Å²) in [6.07, 6.45) is 1.73. The molecule has 3 aromatic carbocycles. The molecule has 1 aliphatic rings. The third-order valence-corrected chi connectivity index (χ3v) is 6.83. The van der Waals surface area contributed by atoms with E-state index in [0.717, 1.165) is 16.7 Å². The molecule has 1 fully saturated rings. The Balaban J connectivity index is 1.40. The van der Waals surface area contributed by atoms with Crippen molar-refractivity contribution < 1.29 is 19.1 Å². The number of nitrogens with one attached hydrogen (secondary N) is 1. The number of carbonyl (C=O) groups is 3. The summed E-state index contributed by atoms with van der Waals surface area (Å²) in [7, 11) is 1.73. The zero-order chi connectivity index (χ0) is 28.1. The van der Waals surface area contributed by atoms with Gasteiger partial charge in [0.25, 0.3) is 5.91 Å². The molecule has 4 aromatic rings. The van der Waals surface area contributed by atoms with Crippen molar-refractivity contribution in [3.05, 3.63) is 131 Å². The van der Waals surface area contributed by atoms with Crippen LogP contribution in [0.3, 0.4) is 0 Å². The molecule has 0 bridgehead atoms. The molecule has 1 aromatic heterocycles. The fraction of sp³-hybridized carbons (Fsp3) is 0.188. The number of carbonyl (C=O) groups excluding carboxylic acids is 3. The minimum absolute atomic E-state index is 0.221. The van der Waals surface area contributed by atoms with Gasteiger partial charge < -0.3 is 15.0 Å². The number of ether oxygens (including phenoxy) is 1. The maximum Gasteiger partial charge on any atom is 0.411 e. The van der Waals surface area contributed by atoms with Crippen LogP contribution in [-0.2, 0) is 22.6 Å². The molecule has 202 valence electrons. The van der Waals surface area contributed by atoms with Crippen LogP contribution in [0.15, 0.2) is 103 Å². The number of aromatic nitrogens is 1. The second-order valence-electron chi connectivity index (χ2n) is 9.86. The summed E-state index contributed by atoms with van der Waals surface area (Å²) in [6.45, 7) is 2.63. The molecule has 5 rings (SSSR count). The van der Waals surface area contributed by atoms with Crippen LogP contribution in [0, 0.1) is 6.92 Å². The third-order valence-electron chi connectivity index (χ3n) is 6.83. The van der Waals surface area contributed by atoms with E-state index in [-0.39, 0.29) is 18.4 Å². The average molecular weight is 535 g/mol. The van der Waals surface area contributed by atoms with Crippen molar-refractivity contribution in [2.24, 2.45) is 0 Å². The zero-order valence-corrected chi connectivity index (χ0v) is 22.4. The van der Waals surface area contributed by atoms with Crippen LogP contribution in [0.2, 0.25) is 0 Å². The number of benzene rings is 3. The predicted octanol–water partition coefficient (Wildman–Crippen LogP) is 5.36. The van der Waals surface area contributed by atoms with Crippen molar-refractivity contribution >= 4 is 23.6 Å². The summed E-state index contributed by atoms with van der Waals surface area (Å²) in [5.41, 5.74) is 4.63. The first-order valence-corrected chi connectivity index (χ1v) is 13.0. The summed E-state index contributed by atoms with van der Waals surface area (Å²) in [5.74, 6) is -0.505. The second kappa shape index (κ2) is 11.8. The van der Waals surface area contributed by atoms with E-state index in [1.165, 1.54) is 11.1 Å². The van der Waals surface area contributed by atoms with Gasteiger partial charge in [-0.3, -0.25) is 19.5 Å². The van der Waals surface area contributed by atoms with Crippen LogP contribution in [0.5, 0.6) is 0 Å². The number of likely N-dealkylation sites (N-methyl/N-ethyl adjacent to an activating group) is 1. The van der Waals surface area contributed by atoms with E-state index < -0.39 is 18.2 Å². The van der Waals surface area contributed by atoms with E-state index in [2.05, 4.69) is 10.3 Å². The van der Waals surface area contributed by atoms with Gasteiger partial charge in [-0.25, -0.2) is 4.79 Å². The number of pyridine rings is 1. The fourth-order valence-corrected chi connectivity index (χ4v) is 4.82. The van der Waals surface area contributed by atoms with E-state index >= 15 is 0 Å². The molecule has 2 atom stereocenters. The molecule has 2 heterocycles. The topological polar surface area (TPSA) is 91.8 Å². The number of rotatable bonds is 8. The Hall–Kier alpha value is -4.98. The zero-order valence-electron chi connectivity index (χ0n) is 22.4. The van der Waals surface area contributed by atoms with E-state index in [1.807, 2.05) is 61.5 Å². The van der Waals surface area contributed by atoms with Crippen molar-refractivity contribution in [2.75, 3.05) is 12.4 Å². The SMILES string of the molecule is Cc1cccc(CN2C(=O)O[C@H](c3ccc(NC(=O)c4cccnc4)cc3)[C@H]2C(=O)N(C)Cc2ccccc2)c1. The summed E-state index contributed by atoms with van der Waals surface area (Å²) < 4.78 is 5.83. The van der Waals surface area contributed by atoms with E-state index in [9.17, 15) is 14.4 Å². The molecule has 0 spiro atoms. The van der Waals surface area contributed by atoms with Crippen LogP contribution in [0.1, 0.15) is 38.7 Å². The lowest BCUT2D eigenvalue weighted by Gasteiger charge is -2.28. The number of cyclic esters (lactones) is 1. The number of hydrogen-bond donors (Lipinski definition) is 1. The Labute approximate surface area is 233 Å². The van der Waals surface area contributed by atoms with Crippen molar-refractivity contribution in [3.8, 4) is 0 Å². The Morgan fingerprint density at radius 3 is 2.40 bits per heavy atom.